The van der Waals surface area contributed by atoms with Gasteiger partial charge >= 0.3 is 6.18 Å². The van der Waals surface area contributed by atoms with Crippen LogP contribution in [-0.2, 0) is 12.6 Å². The molecule has 9 heteroatoms. The van der Waals surface area contributed by atoms with E-state index in [4.69, 9.17) is 5.41 Å². The molecule has 1 aromatic heterocycles. The summed E-state index contributed by atoms with van der Waals surface area (Å²) in [5, 5.41) is 11.4. The molecule has 0 bridgehead atoms. The second-order valence-corrected chi connectivity index (χ2v) is 7.23. The van der Waals surface area contributed by atoms with Gasteiger partial charge in [-0.3, -0.25) is 0 Å². The van der Waals surface area contributed by atoms with E-state index in [0.717, 1.165) is 17.7 Å². The number of aryl methyl sites for hydroxylation is 1. The average molecular weight is 436 g/mol. The number of aromatic nitrogens is 1. The van der Waals surface area contributed by atoms with E-state index >= 15 is 0 Å². The van der Waals surface area contributed by atoms with Crippen LogP contribution in [0.3, 0.4) is 0 Å². The maximum absolute atomic E-state index is 14.3. The predicted molar refractivity (Wildman–Crippen MR) is 110 cm³/mol. The lowest BCUT2D eigenvalue weighted by Gasteiger charge is -2.42. The maximum Gasteiger partial charge on any atom is 0.416 e. The highest BCUT2D eigenvalue weighted by molar-refractivity contribution is 6.06. The molecular weight excluding hydrogens is 415 g/mol. The average Bonchev–Trinajstić information content (AvgIpc) is 2.66. The van der Waals surface area contributed by atoms with Gasteiger partial charge in [-0.1, -0.05) is 20.1 Å². The fraction of sp³-hybridized carbons (Fsp3) is 0.273. The van der Waals surface area contributed by atoms with Crippen LogP contribution >= 0.6 is 0 Å². The minimum atomic E-state index is -4.65. The molecule has 0 radical (unpaired) electrons. The first-order valence-corrected chi connectivity index (χ1v) is 9.52. The molecule has 1 fully saturated rings. The standard InChI is InChI=1S/C22H21F5N4/c1-4-14-7-8-29-21(30-18-6-5-16(9-17(18)24)22(25,26)27)19(14)20(28)15-10-31(11-15)13(3)12(2)23/h5-9,15,28H,2-4,10-11H2,1H3,(H,29,30). The van der Waals surface area contributed by atoms with E-state index in [2.05, 4.69) is 23.5 Å². The topological polar surface area (TPSA) is 52.0 Å². The van der Waals surface area contributed by atoms with Crippen LogP contribution in [0.5, 0.6) is 0 Å². The van der Waals surface area contributed by atoms with Gasteiger partial charge in [-0.2, -0.15) is 13.2 Å². The van der Waals surface area contributed by atoms with Crippen LogP contribution in [0.1, 0.15) is 23.6 Å². The summed E-state index contributed by atoms with van der Waals surface area (Å²) in [6.45, 7) is 9.46. The Bertz CT molecular complexity index is 1040. The van der Waals surface area contributed by atoms with E-state index < -0.39 is 23.4 Å². The minimum Gasteiger partial charge on any atom is -0.368 e. The third-order valence-corrected chi connectivity index (χ3v) is 5.22. The Hall–Kier alpha value is -3.23. The summed E-state index contributed by atoms with van der Waals surface area (Å²) in [5.41, 5.74) is 0.355. The van der Waals surface area contributed by atoms with Crippen molar-refractivity contribution < 1.29 is 22.0 Å². The number of likely N-dealkylation sites (tertiary alicyclic amines) is 1. The molecular formula is C22H21F5N4. The van der Waals surface area contributed by atoms with Crippen LogP contribution in [0, 0.1) is 17.1 Å². The van der Waals surface area contributed by atoms with E-state index in [0.29, 0.717) is 31.1 Å². The quantitative estimate of drug-likeness (QED) is 0.326. The lowest BCUT2D eigenvalue weighted by Crippen LogP contribution is -2.49. The van der Waals surface area contributed by atoms with Crippen molar-refractivity contribution in [1.82, 2.24) is 9.88 Å². The Morgan fingerprint density at radius 1 is 1.26 bits per heavy atom. The fourth-order valence-electron chi connectivity index (χ4n) is 3.37. The second kappa shape index (κ2) is 8.49. The largest absolute Gasteiger partial charge is 0.416 e. The first-order valence-electron chi connectivity index (χ1n) is 9.52. The molecule has 31 heavy (non-hydrogen) atoms. The zero-order chi connectivity index (χ0) is 22.9. The van der Waals surface area contributed by atoms with Crippen LogP contribution in [-0.4, -0.2) is 28.7 Å². The normalized spacial score (nSPS) is 14.2. The molecule has 2 N–H and O–H groups in total. The van der Waals surface area contributed by atoms with Gasteiger partial charge < -0.3 is 15.6 Å². The van der Waals surface area contributed by atoms with Crippen LogP contribution in [0.2, 0.25) is 0 Å². The molecule has 0 aliphatic carbocycles. The van der Waals surface area contributed by atoms with Crippen molar-refractivity contribution in [2.45, 2.75) is 19.5 Å². The molecule has 0 atom stereocenters. The first kappa shape index (κ1) is 22.5. The molecule has 2 heterocycles. The fourth-order valence-corrected chi connectivity index (χ4v) is 3.37. The van der Waals surface area contributed by atoms with Crippen LogP contribution < -0.4 is 5.32 Å². The number of benzene rings is 1. The molecule has 1 aliphatic heterocycles. The van der Waals surface area contributed by atoms with Crippen molar-refractivity contribution in [3.8, 4) is 0 Å². The van der Waals surface area contributed by atoms with Gasteiger partial charge in [0, 0.05) is 36.5 Å². The number of pyridine rings is 1. The summed E-state index contributed by atoms with van der Waals surface area (Å²) in [6.07, 6.45) is -2.60. The number of hydrogen-bond acceptors (Lipinski definition) is 4. The van der Waals surface area contributed by atoms with Gasteiger partial charge in [0.25, 0.3) is 0 Å². The van der Waals surface area contributed by atoms with Crippen LogP contribution in [0.15, 0.2) is 55.1 Å². The molecule has 1 saturated heterocycles. The Morgan fingerprint density at radius 2 is 1.94 bits per heavy atom. The van der Waals surface area contributed by atoms with Crippen molar-refractivity contribution in [2.75, 3.05) is 18.4 Å². The van der Waals surface area contributed by atoms with Crippen molar-refractivity contribution in [1.29, 1.82) is 5.41 Å². The number of allylic oxidation sites excluding steroid dienone is 1. The van der Waals surface area contributed by atoms with Gasteiger partial charge in [0.2, 0.25) is 0 Å². The number of halogens is 5. The van der Waals surface area contributed by atoms with E-state index in [1.54, 1.807) is 11.0 Å². The van der Waals surface area contributed by atoms with Gasteiger partial charge in [-0.15, -0.1) is 0 Å². The SMILES string of the molecule is C=C(F)C(=C)N1CC(C(=N)c2c(CC)ccnc2Nc2ccc(C(F)(F)F)cc2F)C1. The van der Waals surface area contributed by atoms with Crippen LogP contribution in [0.4, 0.5) is 33.5 Å². The summed E-state index contributed by atoms with van der Waals surface area (Å²) >= 11 is 0. The molecule has 2 aromatic rings. The summed E-state index contributed by atoms with van der Waals surface area (Å²) in [7, 11) is 0. The summed E-state index contributed by atoms with van der Waals surface area (Å²) in [5.74, 6) is -1.77. The molecule has 164 valence electrons. The monoisotopic (exact) mass is 436 g/mol. The summed E-state index contributed by atoms with van der Waals surface area (Å²) in [4.78, 5) is 5.85. The van der Waals surface area contributed by atoms with E-state index in [-0.39, 0.29) is 28.8 Å². The lowest BCUT2D eigenvalue weighted by molar-refractivity contribution is -0.137. The highest BCUT2D eigenvalue weighted by atomic mass is 19.4. The highest BCUT2D eigenvalue weighted by Crippen LogP contribution is 2.34. The molecule has 0 spiro atoms. The Balaban J connectivity index is 1.88. The summed E-state index contributed by atoms with van der Waals surface area (Å²) in [6, 6.07) is 3.92. The van der Waals surface area contributed by atoms with E-state index in [1.165, 1.54) is 6.20 Å². The van der Waals surface area contributed by atoms with Gasteiger partial charge in [0.05, 0.1) is 16.9 Å². The number of rotatable bonds is 7. The second-order valence-electron chi connectivity index (χ2n) is 7.23. The number of anilines is 2. The zero-order valence-corrected chi connectivity index (χ0v) is 16.8. The molecule has 1 aliphatic rings. The number of hydrogen-bond donors (Lipinski definition) is 2. The Labute approximate surface area is 176 Å². The van der Waals surface area contributed by atoms with Crippen molar-refractivity contribution in [3.05, 3.63) is 77.7 Å². The Morgan fingerprint density at radius 3 is 2.48 bits per heavy atom. The number of alkyl halides is 3. The van der Waals surface area contributed by atoms with E-state index in [9.17, 15) is 22.0 Å². The lowest BCUT2D eigenvalue weighted by atomic mass is 9.87. The number of nitrogens with one attached hydrogen (secondary N) is 2. The van der Waals surface area contributed by atoms with Gasteiger partial charge in [-0.05, 0) is 36.2 Å². The predicted octanol–water partition coefficient (Wildman–Crippen LogP) is 5.84. The highest BCUT2D eigenvalue weighted by Gasteiger charge is 2.34. The molecule has 0 unspecified atom stereocenters. The van der Waals surface area contributed by atoms with Crippen molar-refractivity contribution in [2.24, 2.45) is 5.92 Å². The molecule has 3 rings (SSSR count). The summed E-state index contributed by atoms with van der Waals surface area (Å²) < 4.78 is 66.0. The molecule has 0 amide bonds. The molecule has 1 aromatic carbocycles. The molecule has 0 saturated carbocycles. The van der Waals surface area contributed by atoms with Gasteiger partial charge in [0.1, 0.15) is 17.5 Å². The smallest absolute Gasteiger partial charge is 0.368 e. The van der Waals surface area contributed by atoms with Gasteiger partial charge in [-0.25, -0.2) is 13.8 Å². The third-order valence-electron chi connectivity index (χ3n) is 5.22. The Kier molecular flexibility index (Phi) is 6.15. The van der Waals surface area contributed by atoms with Crippen molar-refractivity contribution in [3.63, 3.8) is 0 Å². The van der Waals surface area contributed by atoms with E-state index in [1.807, 2.05) is 6.92 Å². The van der Waals surface area contributed by atoms with Gasteiger partial charge in [0.15, 0.2) is 0 Å². The number of nitrogens with zero attached hydrogens (tertiary/aromatic N) is 2. The minimum absolute atomic E-state index is 0.163. The maximum atomic E-state index is 14.3. The van der Waals surface area contributed by atoms with Crippen LogP contribution in [0.25, 0.3) is 0 Å². The van der Waals surface area contributed by atoms with Crippen molar-refractivity contribution >= 4 is 17.2 Å². The molecule has 4 nitrogen and oxygen atoms in total. The zero-order valence-electron chi connectivity index (χ0n) is 16.8. The first-order chi connectivity index (χ1) is 14.5. The third kappa shape index (κ3) is 4.60.